The van der Waals surface area contributed by atoms with Crippen molar-refractivity contribution in [3.8, 4) is 0 Å². The summed E-state index contributed by atoms with van der Waals surface area (Å²) in [4.78, 5) is 35.2. The van der Waals surface area contributed by atoms with Gasteiger partial charge in [0.25, 0.3) is 0 Å². The molecule has 0 aliphatic heterocycles. The number of alkyl carbamates (subject to hydrolysis) is 1. The lowest BCUT2D eigenvalue weighted by molar-refractivity contribution is -0.120. The molecule has 1 aromatic rings. The van der Waals surface area contributed by atoms with Crippen molar-refractivity contribution in [2.24, 2.45) is 0 Å². The smallest absolute Gasteiger partial charge is 0.414 e. The summed E-state index contributed by atoms with van der Waals surface area (Å²) in [5.41, 5.74) is -0.150. The van der Waals surface area contributed by atoms with Gasteiger partial charge in [0.1, 0.15) is 11.2 Å². The molecule has 0 heterocycles. The lowest BCUT2D eigenvalue weighted by Gasteiger charge is -2.20. The number of benzene rings is 1. The zero-order valence-electron chi connectivity index (χ0n) is 15.6. The van der Waals surface area contributed by atoms with Gasteiger partial charge in [0.15, 0.2) is 0 Å². The number of carbonyl (C=O) groups is 3. The molecule has 2 N–H and O–H groups in total. The molecular weight excluding hydrogens is 324 g/mol. The van der Waals surface area contributed by atoms with E-state index in [1.807, 2.05) is 0 Å². The maximum Gasteiger partial charge on any atom is 0.414 e. The fraction of sp³-hybridized carbons (Fsp3) is 0.500. The number of anilines is 1. The van der Waals surface area contributed by atoms with Crippen LogP contribution in [0.5, 0.6) is 0 Å². The fourth-order valence-electron chi connectivity index (χ4n) is 1.83. The first-order valence-electron chi connectivity index (χ1n) is 7.96. The quantitative estimate of drug-likeness (QED) is 0.868. The van der Waals surface area contributed by atoms with Crippen molar-refractivity contribution in [2.45, 2.75) is 59.2 Å². The van der Waals surface area contributed by atoms with Crippen LogP contribution in [0.1, 0.15) is 47.1 Å². The summed E-state index contributed by atoms with van der Waals surface area (Å²) >= 11 is 0. The molecule has 0 unspecified atom stereocenters. The Morgan fingerprint density at radius 3 is 2.04 bits per heavy atom. The van der Waals surface area contributed by atoms with Crippen LogP contribution in [0.3, 0.4) is 0 Å². The molecule has 3 amide bonds. The number of amides is 3. The van der Waals surface area contributed by atoms with Crippen LogP contribution in [0, 0.1) is 0 Å². The summed E-state index contributed by atoms with van der Waals surface area (Å²) in [6.45, 7) is 10.4. The topological polar surface area (TPSA) is 93.7 Å². The highest BCUT2D eigenvalue weighted by Crippen LogP contribution is 2.14. The van der Waals surface area contributed by atoms with Gasteiger partial charge in [-0.3, -0.25) is 15.4 Å². The van der Waals surface area contributed by atoms with E-state index in [1.54, 1.807) is 65.8 Å². The number of nitrogens with one attached hydrogen (secondary N) is 2. The van der Waals surface area contributed by atoms with Crippen molar-refractivity contribution in [1.82, 2.24) is 5.32 Å². The Hall–Kier alpha value is -2.57. The molecule has 0 spiro atoms. The number of hydrogen-bond acceptors (Lipinski definition) is 5. The summed E-state index contributed by atoms with van der Waals surface area (Å²) in [5, 5.41) is 4.76. The van der Waals surface area contributed by atoms with E-state index < -0.39 is 29.3 Å². The van der Waals surface area contributed by atoms with Crippen LogP contribution in [-0.2, 0) is 20.7 Å². The van der Waals surface area contributed by atoms with Gasteiger partial charge in [0, 0.05) is 5.69 Å². The first-order chi connectivity index (χ1) is 11.3. The van der Waals surface area contributed by atoms with Gasteiger partial charge in [-0.15, -0.1) is 0 Å². The van der Waals surface area contributed by atoms with Gasteiger partial charge in [-0.05, 0) is 59.2 Å². The van der Waals surface area contributed by atoms with Gasteiger partial charge in [0.05, 0.1) is 6.42 Å². The molecule has 7 heteroatoms. The minimum absolute atomic E-state index is 0.0247. The number of hydrogen-bond donors (Lipinski definition) is 2. The van der Waals surface area contributed by atoms with Gasteiger partial charge >= 0.3 is 12.2 Å². The van der Waals surface area contributed by atoms with Gasteiger partial charge in [0.2, 0.25) is 5.91 Å². The SMILES string of the molecule is CC(C)(C)OC(=O)NC(=O)Cc1cccc(NC(=O)OC(C)(C)C)c1. The van der Waals surface area contributed by atoms with E-state index >= 15 is 0 Å². The highest BCUT2D eigenvalue weighted by Gasteiger charge is 2.19. The Kier molecular flexibility index (Phi) is 6.55. The van der Waals surface area contributed by atoms with E-state index in [0.717, 1.165) is 0 Å². The van der Waals surface area contributed by atoms with Crippen LogP contribution in [0.25, 0.3) is 0 Å². The van der Waals surface area contributed by atoms with Crippen LogP contribution in [0.2, 0.25) is 0 Å². The highest BCUT2D eigenvalue weighted by molar-refractivity contribution is 5.93. The Balaban J connectivity index is 2.62. The highest BCUT2D eigenvalue weighted by atomic mass is 16.6. The fourth-order valence-corrected chi connectivity index (χ4v) is 1.83. The molecule has 0 saturated heterocycles. The third-order valence-electron chi connectivity index (χ3n) is 2.58. The van der Waals surface area contributed by atoms with Crippen molar-refractivity contribution in [2.75, 3.05) is 5.32 Å². The van der Waals surface area contributed by atoms with E-state index in [1.165, 1.54) is 0 Å². The van der Waals surface area contributed by atoms with E-state index in [0.29, 0.717) is 11.3 Å². The van der Waals surface area contributed by atoms with Crippen molar-refractivity contribution < 1.29 is 23.9 Å². The molecule has 0 atom stereocenters. The van der Waals surface area contributed by atoms with E-state index in [4.69, 9.17) is 9.47 Å². The number of ether oxygens (including phenoxy) is 2. The Morgan fingerprint density at radius 2 is 1.48 bits per heavy atom. The standard InChI is InChI=1S/C18H26N2O5/c1-17(2,3)24-15(22)19-13-9-7-8-12(10-13)11-14(21)20-16(23)25-18(4,5)6/h7-10H,11H2,1-6H3,(H,19,22)(H,20,21,23). The van der Waals surface area contributed by atoms with Crippen molar-refractivity contribution in [3.05, 3.63) is 29.8 Å². The lowest BCUT2D eigenvalue weighted by atomic mass is 10.1. The summed E-state index contributed by atoms with van der Waals surface area (Å²) in [6, 6.07) is 6.73. The number of carbonyl (C=O) groups excluding carboxylic acids is 3. The van der Waals surface area contributed by atoms with E-state index in [2.05, 4.69) is 10.6 Å². The third kappa shape index (κ3) is 9.34. The molecule has 7 nitrogen and oxygen atoms in total. The zero-order chi connectivity index (χ0) is 19.3. The Labute approximate surface area is 148 Å². The molecule has 25 heavy (non-hydrogen) atoms. The van der Waals surface area contributed by atoms with Crippen LogP contribution in [-0.4, -0.2) is 29.3 Å². The molecule has 138 valence electrons. The maximum atomic E-state index is 11.9. The van der Waals surface area contributed by atoms with Crippen LogP contribution in [0.4, 0.5) is 15.3 Å². The molecule has 1 aromatic carbocycles. The second-order valence-corrected chi connectivity index (χ2v) is 7.55. The number of imide groups is 1. The Morgan fingerprint density at radius 1 is 0.920 bits per heavy atom. The largest absolute Gasteiger partial charge is 0.444 e. The summed E-state index contributed by atoms with van der Waals surface area (Å²) < 4.78 is 10.2. The van der Waals surface area contributed by atoms with Crippen LogP contribution >= 0.6 is 0 Å². The van der Waals surface area contributed by atoms with Crippen molar-refractivity contribution in [1.29, 1.82) is 0 Å². The normalized spacial score (nSPS) is 11.4. The van der Waals surface area contributed by atoms with Gasteiger partial charge in [-0.1, -0.05) is 12.1 Å². The summed E-state index contributed by atoms with van der Waals surface area (Å²) in [5.74, 6) is -0.497. The second kappa shape index (κ2) is 8.00. The molecule has 0 aromatic heterocycles. The zero-order valence-corrected chi connectivity index (χ0v) is 15.6. The predicted octanol–water partition coefficient (Wildman–Crippen LogP) is 3.63. The average Bonchev–Trinajstić information content (AvgIpc) is 2.33. The molecule has 0 radical (unpaired) electrons. The van der Waals surface area contributed by atoms with E-state index in [9.17, 15) is 14.4 Å². The van der Waals surface area contributed by atoms with Crippen LogP contribution in [0.15, 0.2) is 24.3 Å². The Bertz CT molecular complexity index is 642. The van der Waals surface area contributed by atoms with Crippen molar-refractivity contribution in [3.63, 3.8) is 0 Å². The summed E-state index contributed by atoms with van der Waals surface area (Å²) in [6.07, 6.45) is -1.40. The first-order valence-corrected chi connectivity index (χ1v) is 7.96. The molecule has 0 aliphatic rings. The number of rotatable bonds is 3. The summed E-state index contributed by atoms with van der Waals surface area (Å²) in [7, 11) is 0. The van der Waals surface area contributed by atoms with E-state index in [-0.39, 0.29) is 6.42 Å². The molecule has 1 rings (SSSR count). The van der Waals surface area contributed by atoms with Crippen LogP contribution < -0.4 is 10.6 Å². The lowest BCUT2D eigenvalue weighted by Crippen LogP contribution is -2.37. The molecule has 0 fully saturated rings. The van der Waals surface area contributed by atoms with Gasteiger partial charge in [-0.25, -0.2) is 9.59 Å². The third-order valence-corrected chi connectivity index (χ3v) is 2.58. The molecule has 0 bridgehead atoms. The van der Waals surface area contributed by atoms with Crippen molar-refractivity contribution >= 4 is 23.8 Å². The second-order valence-electron chi connectivity index (χ2n) is 7.55. The van der Waals surface area contributed by atoms with Gasteiger partial charge < -0.3 is 9.47 Å². The molecular formula is C18H26N2O5. The monoisotopic (exact) mass is 350 g/mol. The molecule has 0 aliphatic carbocycles. The van der Waals surface area contributed by atoms with Gasteiger partial charge in [-0.2, -0.15) is 0 Å². The minimum Gasteiger partial charge on any atom is -0.444 e. The predicted molar refractivity (Wildman–Crippen MR) is 94.4 cm³/mol. The first kappa shape index (κ1) is 20.5. The molecule has 0 saturated carbocycles. The maximum absolute atomic E-state index is 11.9. The average molecular weight is 350 g/mol. The minimum atomic E-state index is -0.791.